The van der Waals surface area contributed by atoms with Crippen molar-refractivity contribution >= 4 is 11.4 Å². The molecule has 0 bridgehead atoms. The van der Waals surface area contributed by atoms with Gasteiger partial charge in [-0.1, -0.05) is 42.5 Å². The minimum atomic E-state index is 0.357. The number of para-hydroxylation sites is 2. The van der Waals surface area contributed by atoms with Crippen LogP contribution in [0.1, 0.15) is 11.6 Å². The Balaban J connectivity index is 1.89. The molecule has 2 heteroatoms. The van der Waals surface area contributed by atoms with Gasteiger partial charge in [0.15, 0.2) is 0 Å². The Labute approximate surface area is 95.3 Å². The molecular formula is C14H14N2. The van der Waals surface area contributed by atoms with Crippen molar-refractivity contribution < 1.29 is 0 Å². The summed E-state index contributed by atoms with van der Waals surface area (Å²) in [7, 11) is 0. The van der Waals surface area contributed by atoms with Crippen molar-refractivity contribution in [3.8, 4) is 0 Å². The summed E-state index contributed by atoms with van der Waals surface area (Å²) >= 11 is 0. The van der Waals surface area contributed by atoms with E-state index in [0.29, 0.717) is 6.04 Å². The summed E-state index contributed by atoms with van der Waals surface area (Å²) in [6, 6.07) is 19.2. The number of hydrogen-bond acceptors (Lipinski definition) is 2. The molecule has 0 spiro atoms. The summed E-state index contributed by atoms with van der Waals surface area (Å²) in [4.78, 5) is 0. The molecule has 0 saturated carbocycles. The molecule has 0 saturated heterocycles. The number of hydrogen-bond donors (Lipinski definition) is 2. The van der Waals surface area contributed by atoms with Gasteiger partial charge >= 0.3 is 0 Å². The maximum absolute atomic E-state index is 3.55. The number of rotatable bonds is 1. The van der Waals surface area contributed by atoms with E-state index in [1.807, 2.05) is 6.07 Å². The van der Waals surface area contributed by atoms with Crippen LogP contribution >= 0.6 is 0 Å². The molecule has 0 amide bonds. The van der Waals surface area contributed by atoms with Crippen molar-refractivity contribution in [3.05, 3.63) is 60.2 Å². The highest BCUT2D eigenvalue weighted by Crippen LogP contribution is 2.30. The molecule has 2 aromatic rings. The topological polar surface area (TPSA) is 24.1 Å². The first-order chi connectivity index (χ1) is 7.93. The summed E-state index contributed by atoms with van der Waals surface area (Å²) in [5, 5.41) is 7.00. The van der Waals surface area contributed by atoms with E-state index in [2.05, 4.69) is 59.2 Å². The molecule has 2 N–H and O–H groups in total. The monoisotopic (exact) mass is 210 g/mol. The number of benzene rings is 2. The largest absolute Gasteiger partial charge is 0.381 e. The summed E-state index contributed by atoms with van der Waals surface area (Å²) < 4.78 is 0. The van der Waals surface area contributed by atoms with Crippen LogP contribution in [0.4, 0.5) is 11.4 Å². The molecule has 0 fully saturated rings. The number of fused-ring (bicyclic) bond motifs is 1. The average molecular weight is 210 g/mol. The summed E-state index contributed by atoms with van der Waals surface area (Å²) in [6.07, 6.45) is 0. The minimum Gasteiger partial charge on any atom is -0.381 e. The summed E-state index contributed by atoms with van der Waals surface area (Å²) in [5.41, 5.74) is 3.70. The lowest BCUT2D eigenvalue weighted by Gasteiger charge is -2.28. The van der Waals surface area contributed by atoms with E-state index in [0.717, 1.165) is 6.54 Å². The highest BCUT2D eigenvalue weighted by molar-refractivity contribution is 5.71. The third kappa shape index (κ3) is 1.63. The Morgan fingerprint density at radius 2 is 1.50 bits per heavy atom. The molecule has 2 aromatic carbocycles. The van der Waals surface area contributed by atoms with Crippen LogP contribution in [0.2, 0.25) is 0 Å². The fourth-order valence-corrected chi connectivity index (χ4v) is 2.10. The van der Waals surface area contributed by atoms with Crippen LogP contribution < -0.4 is 10.6 Å². The van der Waals surface area contributed by atoms with E-state index in [4.69, 9.17) is 0 Å². The van der Waals surface area contributed by atoms with E-state index in [1.165, 1.54) is 16.9 Å². The van der Waals surface area contributed by atoms with Crippen LogP contribution in [0.15, 0.2) is 54.6 Å². The van der Waals surface area contributed by atoms with Gasteiger partial charge in [0.25, 0.3) is 0 Å². The molecule has 3 rings (SSSR count). The fraction of sp³-hybridized carbons (Fsp3) is 0.143. The maximum Gasteiger partial charge on any atom is 0.0687 e. The van der Waals surface area contributed by atoms with Crippen molar-refractivity contribution in [3.63, 3.8) is 0 Å². The van der Waals surface area contributed by atoms with Gasteiger partial charge in [-0.15, -0.1) is 0 Å². The first-order valence-corrected chi connectivity index (χ1v) is 5.58. The highest BCUT2D eigenvalue weighted by atomic mass is 15.1. The van der Waals surface area contributed by atoms with Crippen molar-refractivity contribution in [2.45, 2.75) is 6.04 Å². The molecule has 1 aliphatic heterocycles. The van der Waals surface area contributed by atoms with Gasteiger partial charge in [-0.3, -0.25) is 0 Å². The molecule has 1 atom stereocenters. The SMILES string of the molecule is c1ccc([C@H]2CNc3ccccc3N2)cc1. The zero-order valence-corrected chi connectivity index (χ0v) is 8.98. The van der Waals surface area contributed by atoms with E-state index in [9.17, 15) is 0 Å². The van der Waals surface area contributed by atoms with E-state index >= 15 is 0 Å². The standard InChI is InChI=1S/C14H14N2/c1-2-6-11(7-3-1)14-10-15-12-8-4-5-9-13(12)16-14/h1-9,14-16H,10H2/t14-/m1/s1. The zero-order valence-electron chi connectivity index (χ0n) is 8.98. The van der Waals surface area contributed by atoms with Crippen molar-refractivity contribution in [2.75, 3.05) is 17.2 Å². The predicted molar refractivity (Wildman–Crippen MR) is 67.7 cm³/mol. The molecule has 1 heterocycles. The van der Waals surface area contributed by atoms with Crippen LogP contribution in [0.3, 0.4) is 0 Å². The molecule has 0 aliphatic carbocycles. The van der Waals surface area contributed by atoms with Gasteiger partial charge in [0, 0.05) is 6.54 Å². The molecule has 0 unspecified atom stereocenters. The number of nitrogens with one attached hydrogen (secondary N) is 2. The predicted octanol–water partition coefficient (Wildman–Crippen LogP) is 3.27. The Bertz CT molecular complexity index is 479. The van der Waals surface area contributed by atoms with Gasteiger partial charge in [-0.2, -0.15) is 0 Å². The smallest absolute Gasteiger partial charge is 0.0687 e. The van der Waals surface area contributed by atoms with Gasteiger partial charge in [0.1, 0.15) is 0 Å². The summed E-state index contributed by atoms with van der Waals surface area (Å²) in [5.74, 6) is 0. The Kier molecular flexibility index (Phi) is 2.26. The molecule has 2 nitrogen and oxygen atoms in total. The van der Waals surface area contributed by atoms with Gasteiger partial charge < -0.3 is 10.6 Å². The minimum absolute atomic E-state index is 0.357. The second-order valence-electron chi connectivity index (χ2n) is 4.03. The molecular weight excluding hydrogens is 196 g/mol. The lowest BCUT2D eigenvalue weighted by molar-refractivity contribution is 0.804. The third-order valence-corrected chi connectivity index (χ3v) is 2.96. The second-order valence-corrected chi connectivity index (χ2v) is 4.03. The van der Waals surface area contributed by atoms with Gasteiger partial charge in [0.05, 0.1) is 17.4 Å². The van der Waals surface area contributed by atoms with Gasteiger partial charge in [-0.25, -0.2) is 0 Å². The van der Waals surface area contributed by atoms with E-state index in [-0.39, 0.29) is 0 Å². The van der Waals surface area contributed by atoms with E-state index in [1.54, 1.807) is 0 Å². The van der Waals surface area contributed by atoms with Gasteiger partial charge in [-0.05, 0) is 17.7 Å². The summed E-state index contributed by atoms with van der Waals surface area (Å²) in [6.45, 7) is 0.932. The first-order valence-electron chi connectivity index (χ1n) is 5.58. The molecule has 80 valence electrons. The zero-order chi connectivity index (χ0) is 10.8. The van der Waals surface area contributed by atoms with Crippen molar-refractivity contribution in [1.82, 2.24) is 0 Å². The van der Waals surface area contributed by atoms with Crippen LogP contribution in [-0.4, -0.2) is 6.54 Å². The fourth-order valence-electron chi connectivity index (χ4n) is 2.10. The molecule has 0 aromatic heterocycles. The van der Waals surface area contributed by atoms with Crippen LogP contribution in [0.5, 0.6) is 0 Å². The Morgan fingerprint density at radius 1 is 0.812 bits per heavy atom. The normalized spacial score (nSPS) is 18.1. The van der Waals surface area contributed by atoms with E-state index < -0.39 is 0 Å². The first kappa shape index (κ1) is 9.28. The third-order valence-electron chi connectivity index (χ3n) is 2.96. The van der Waals surface area contributed by atoms with Crippen molar-refractivity contribution in [2.24, 2.45) is 0 Å². The Hall–Kier alpha value is -1.96. The second kappa shape index (κ2) is 3.89. The lowest BCUT2D eigenvalue weighted by atomic mass is 10.0. The van der Waals surface area contributed by atoms with Crippen molar-refractivity contribution in [1.29, 1.82) is 0 Å². The van der Waals surface area contributed by atoms with Crippen LogP contribution in [0.25, 0.3) is 0 Å². The highest BCUT2D eigenvalue weighted by Gasteiger charge is 2.17. The molecule has 1 aliphatic rings. The Morgan fingerprint density at radius 3 is 2.31 bits per heavy atom. The van der Waals surface area contributed by atoms with Crippen LogP contribution in [0, 0.1) is 0 Å². The average Bonchev–Trinajstić information content (AvgIpc) is 2.39. The quantitative estimate of drug-likeness (QED) is 0.755. The number of anilines is 2. The molecule has 0 radical (unpaired) electrons. The lowest BCUT2D eigenvalue weighted by Crippen LogP contribution is -2.25. The maximum atomic E-state index is 3.55. The van der Waals surface area contributed by atoms with Crippen LogP contribution in [-0.2, 0) is 0 Å². The van der Waals surface area contributed by atoms with Gasteiger partial charge in [0.2, 0.25) is 0 Å². The molecule has 16 heavy (non-hydrogen) atoms.